The molecule has 0 aromatic heterocycles. The van der Waals surface area contributed by atoms with Crippen molar-refractivity contribution in [2.24, 2.45) is 0 Å². The molecule has 0 saturated carbocycles. The van der Waals surface area contributed by atoms with E-state index >= 15 is 0 Å². The quantitative estimate of drug-likeness (QED) is 0.869. The largest absolute Gasteiger partial charge is 0.490 e. The number of ether oxygens (including phenoxy) is 1. The first-order valence-corrected chi connectivity index (χ1v) is 7.66. The summed E-state index contributed by atoms with van der Waals surface area (Å²) in [6.45, 7) is 2.05. The van der Waals surface area contributed by atoms with Gasteiger partial charge in [-0.15, -0.1) is 0 Å². The van der Waals surface area contributed by atoms with Crippen LogP contribution in [0, 0.1) is 11.3 Å². The molecule has 1 aliphatic rings. The predicted octanol–water partition coefficient (Wildman–Crippen LogP) is 3.42. The normalized spacial score (nSPS) is 22.0. The molecular weight excluding hydrogens is 272 g/mol. The zero-order valence-corrected chi connectivity index (χ0v) is 12.8. The van der Waals surface area contributed by atoms with Gasteiger partial charge in [0, 0.05) is 19.0 Å². The van der Waals surface area contributed by atoms with Crippen LogP contribution in [0.25, 0.3) is 0 Å². The molecule has 3 nitrogen and oxygen atoms in total. The number of nitriles is 1. The van der Waals surface area contributed by atoms with Gasteiger partial charge < -0.3 is 9.64 Å². The summed E-state index contributed by atoms with van der Waals surface area (Å²) in [6, 6.07) is 20.1. The summed E-state index contributed by atoms with van der Waals surface area (Å²) < 4.78 is 6.23. The van der Waals surface area contributed by atoms with Gasteiger partial charge in [-0.05, 0) is 43.3 Å². The van der Waals surface area contributed by atoms with E-state index in [1.807, 2.05) is 30.3 Å². The van der Waals surface area contributed by atoms with E-state index in [1.54, 1.807) is 0 Å². The lowest BCUT2D eigenvalue weighted by Gasteiger charge is -2.37. The summed E-state index contributed by atoms with van der Waals surface area (Å²) in [5, 5.41) is 8.87. The van der Waals surface area contributed by atoms with Gasteiger partial charge in [-0.2, -0.15) is 5.26 Å². The van der Waals surface area contributed by atoms with E-state index in [4.69, 9.17) is 10.00 Å². The minimum Gasteiger partial charge on any atom is -0.490 e. The van der Waals surface area contributed by atoms with Crippen LogP contribution < -0.4 is 4.74 Å². The lowest BCUT2D eigenvalue weighted by Crippen LogP contribution is -2.42. The first-order chi connectivity index (χ1) is 10.8. The smallest absolute Gasteiger partial charge is 0.119 e. The third-order valence-electron chi connectivity index (χ3n) is 4.25. The summed E-state index contributed by atoms with van der Waals surface area (Å²) in [5.74, 6) is 1.21. The highest BCUT2D eigenvalue weighted by molar-refractivity contribution is 5.35. The molecule has 0 bridgehead atoms. The summed E-state index contributed by atoms with van der Waals surface area (Å²) in [6.07, 6.45) is 1.18. The van der Waals surface area contributed by atoms with Crippen molar-refractivity contribution in [1.82, 2.24) is 4.90 Å². The zero-order chi connectivity index (χ0) is 15.4. The maximum Gasteiger partial charge on any atom is 0.119 e. The van der Waals surface area contributed by atoms with Crippen molar-refractivity contribution in [2.45, 2.75) is 18.4 Å². The fourth-order valence-electron chi connectivity index (χ4n) is 3.04. The second-order valence-electron chi connectivity index (χ2n) is 5.86. The van der Waals surface area contributed by atoms with Gasteiger partial charge >= 0.3 is 0 Å². The summed E-state index contributed by atoms with van der Waals surface area (Å²) in [7, 11) is 2.16. The average Bonchev–Trinajstić information content (AvgIpc) is 2.58. The number of hydrogen-bond donors (Lipinski definition) is 0. The molecule has 0 radical (unpaired) electrons. The maximum atomic E-state index is 8.87. The molecule has 1 fully saturated rings. The molecule has 1 aliphatic heterocycles. The van der Waals surface area contributed by atoms with Crippen LogP contribution in [0.2, 0.25) is 0 Å². The van der Waals surface area contributed by atoms with Gasteiger partial charge in [-0.3, -0.25) is 0 Å². The standard InChI is InChI=1S/C19H20N2O/c1-21-12-11-19(18(14-21)16-5-3-2-4-6-16)22-17-9-7-15(13-20)8-10-17/h2-10,18-19H,11-12,14H2,1H3/t18-,19+/m0/s1. The molecule has 1 saturated heterocycles. The van der Waals surface area contributed by atoms with E-state index in [9.17, 15) is 0 Å². The van der Waals surface area contributed by atoms with Gasteiger partial charge in [-0.1, -0.05) is 30.3 Å². The van der Waals surface area contributed by atoms with E-state index in [2.05, 4.69) is 42.3 Å². The van der Waals surface area contributed by atoms with Crippen molar-refractivity contribution in [1.29, 1.82) is 5.26 Å². The van der Waals surface area contributed by atoms with E-state index in [0.29, 0.717) is 11.5 Å². The fraction of sp³-hybridized carbons (Fsp3) is 0.316. The Kier molecular flexibility index (Phi) is 4.41. The van der Waals surface area contributed by atoms with Gasteiger partial charge in [0.15, 0.2) is 0 Å². The number of benzene rings is 2. The van der Waals surface area contributed by atoms with Crippen molar-refractivity contribution in [3.8, 4) is 11.8 Å². The molecule has 2 aromatic carbocycles. The molecule has 3 rings (SSSR count). The van der Waals surface area contributed by atoms with Crippen molar-refractivity contribution in [3.05, 3.63) is 65.7 Å². The SMILES string of the molecule is CN1CC[C@@H](Oc2ccc(C#N)cc2)[C@H](c2ccccc2)C1. The fourth-order valence-corrected chi connectivity index (χ4v) is 3.04. The van der Waals surface area contributed by atoms with Crippen LogP contribution in [0.5, 0.6) is 5.75 Å². The van der Waals surface area contributed by atoms with Gasteiger partial charge in [0.1, 0.15) is 11.9 Å². The maximum absolute atomic E-state index is 8.87. The number of likely N-dealkylation sites (N-methyl/N-ethyl adjacent to an activating group) is 1. The molecule has 0 spiro atoms. The third kappa shape index (κ3) is 3.29. The van der Waals surface area contributed by atoms with Crippen molar-refractivity contribution < 1.29 is 4.74 Å². The van der Waals surface area contributed by atoms with Crippen LogP contribution >= 0.6 is 0 Å². The van der Waals surface area contributed by atoms with E-state index in [0.717, 1.165) is 25.3 Å². The minimum absolute atomic E-state index is 0.173. The molecule has 0 N–H and O–H groups in total. The van der Waals surface area contributed by atoms with Crippen LogP contribution in [0.4, 0.5) is 0 Å². The van der Waals surface area contributed by atoms with Crippen LogP contribution in [0.3, 0.4) is 0 Å². The van der Waals surface area contributed by atoms with Gasteiger partial charge in [-0.25, -0.2) is 0 Å². The molecule has 22 heavy (non-hydrogen) atoms. The third-order valence-corrected chi connectivity index (χ3v) is 4.25. The number of hydrogen-bond acceptors (Lipinski definition) is 3. The second-order valence-corrected chi connectivity index (χ2v) is 5.86. The zero-order valence-electron chi connectivity index (χ0n) is 12.8. The average molecular weight is 292 g/mol. The topological polar surface area (TPSA) is 36.3 Å². The Morgan fingerprint density at radius 1 is 1.09 bits per heavy atom. The second kappa shape index (κ2) is 6.64. The number of piperidine rings is 1. The lowest BCUT2D eigenvalue weighted by molar-refractivity contribution is 0.0902. The monoisotopic (exact) mass is 292 g/mol. The van der Waals surface area contributed by atoms with E-state index in [1.165, 1.54) is 5.56 Å². The summed E-state index contributed by atoms with van der Waals surface area (Å²) >= 11 is 0. The first-order valence-electron chi connectivity index (χ1n) is 7.66. The van der Waals surface area contributed by atoms with E-state index in [-0.39, 0.29) is 6.10 Å². The van der Waals surface area contributed by atoms with Gasteiger partial charge in [0.05, 0.1) is 11.6 Å². The molecule has 3 heteroatoms. The Labute approximate surface area is 131 Å². The highest BCUT2D eigenvalue weighted by atomic mass is 16.5. The Bertz CT molecular complexity index is 645. The van der Waals surface area contributed by atoms with E-state index < -0.39 is 0 Å². The van der Waals surface area contributed by atoms with Gasteiger partial charge in [0.2, 0.25) is 0 Å². The Morgan fingerprint density at radius 2 is 1.82 bits per heavy atom. The Balaban J connectivity index is 1.79. The molecule has 0 amide bonds. The predicted molar refractivity (Wildman–Crippen MR) is 86.9 cm³/mol. The molecule has 1 heterocycles. The van der Waals surface area contributed by atoms with Crippen LogP contribution in [-0.4, -0.2) is 31.1 Å². The van der Waals surface area contributed by atoms with Crippen molar-refractivity contribution >= 4 is 0 Å². The summed E-state index contributed by atoms with van der Waals surface area (Å²) in [4.78, 5) is 2.36. The van der Waals surface area contributed by atoms with Crippen LogP contribution in [-0.2, 0) is 0 Å². The molecule has 0 unspecified atom stereocenters. The van der Waals surface area contributed by atoms with Gasteiger partial charge in [0.25, 0.3) is 0 Å². The molecule has 2 aromatic rings. The molecule has 112 valence electrons. The van der Waals surface area contributed by atoms with Crippen molar-refractivity contribution in [2.75, 3.05) is 20.1 Å². The summed E-state index contributed by atoms with van der Waals surface area (Å²) in [5.41, 5.74) is 1.99. The molecular formula is C19H20N2O. The number of rotatable bonds is 3. The van der Waals surface area contributed by atoms with Crippen molar-refractivity contribution in [3.63, 3.8) is 0 Å². The minimum atomic E-state index is 0.173. The van der Waals surface area contributed by atoms with Crippen LogP contribution in [0.15, 0.2) is 54.6 Å². The molecule has 0 aliphatic carbocycles. The Hall–Kier alpha value is -2.31. The number of nitrogens with zero attached hydrogens (tertiary/aromatic N) is 2. The first kappa shape index (κ1) is 14.6. The molecule has 2 atom stereocenters. The van der Waals surface area contributed by atoms with Crippen LogP contribution in [0.1, 0.15) is 23.5 Å². The highest BCUT2D eigenvalue weighted by Crippen LogP contribution is 2.30. The lowest BCUT2D eigenvalue weighted by atomic mass is 9.88. The number of likely N-dealkylation sites (tertiary alicyclic amines) is 1. The highest BCUT2D eigenvalue weighted by Gasteiger charge is 2.30. The Morgan fingerprint density at radius 3 is 2.50 bits per heavy atom.